The fraction of sp³-hybridized carbons (Fsp3) is 0.750. The minimum atomic E-state index is -0.310. The fourth-order valence-corrected chi connectivity index (χ4v) is 0.554. The molecule has 0 heterocycles. The van der Waals surface area contributed by atoms with Gasteiger partial charge in [-0.25, -0.2) is 0 Å². The van der Waals surface area contributed by atoms with Crippen LogP contribution in [-0.2, 0) is 0 Å². The number of aliphatic hydroxyl groups excluding tert-OH is 1. The van der Waals surface area contributed by atoms with Gasteiger partial charge >= 0.3 is 0 Å². The summed E-state index contributed by atoms with van der Waals surface area (Å²) < 4.78 is 0. The Kier molecular flexibility index (Phi) is 5.48. The van der Waals surface area contributed by atoms with Crippen molar-refractivity contribution in [3.05, 3.63) is 0 Å². The Morgan fingerprint density at radius 1 is 1.40 bits per heavy atom. The van der Waals surface area contributed by atoms with Gasteiger partial charge in [-0.1, -0.05) is 25.7 Å². The molecule has 0 saturated carbocycles. The summed E-state index contributed by atoms with van der Waals surface area (Å²) in [5, 5.41) is 9.21. The van der Waals surface area contributed by atoms with Crippen molar-refractivity contribution in [2.75, 3.05) is 5.88 Å². The Balaban J connectivity index is 3.48. The molecular weight excluding hydrogens is 148 g/mol. The van der Waals surface area contributed by atoms with Gasteiger partial charge in [0.15, 0.2) is 0 Å². The van der Waals surface area contributed by atoms with Crippen molar-refractivity contribution in [1.29, 1.82) is 0 Å². The highest BCUT2D eigenvalue weighted by molar-refractivity contribution is 6.19. The van der Waals surface area contributed by atoms with Crippen LogP contribution >= 0.6 is 11.6 Å². The number of halogens is 1. The third-order valence-corrected chi connectivity index (χ3v) is 1.41. The first-order valence-corrected chi connectivity index (χ1v) is 3.91. The van der Waals surface area contributed by atoms with Crippen LogP contribution in [-0.4, -0.2) is 17.1 Å². The van der Waals surface area contributed by atoms with Gasteiger partial charge in [-0.2, -0.15) is 0 Å². The zero-order valence-electron chi connectivity index (χ0n) is 6.39. The Bertz CT molecular complexity index is 132. The van der Waals surface area contributed by atoms with Crippen LogP contribution in [0.4, 0.5) is 0 Å². The van der Waals surface area contributed by atoms with Crippen LogP contribution in [0.3, 0.4) is 0 Å². The minimum Gasteiger partial charge on any atom is -0.392 e. The highest BCUT2D eigenvalue weighted by Crippen LogP contribution is 2.03. The van der Waals surface area contributed by atoms with E-state index in [-0.39, 0.29) is 12.0 Å². The third kappa shape index (κ3) is 4.67. The molecule has 0 fully saturated rings. The topological polar surface area (TPSA) is 20.2 Å². The van der Waals surface area contributed by atoms with Crippen molar-refractivity contribution in [3.8, 4) is 11.8 Å². The van der Waals surface area contributed by atoms with Gasteiger partial charge < -0.3 is 5.11 Å². The van der Waals surface area contributed by atoms with Crippen LogP contribution < -0.4 is 0 Å². The summed E-state index contributed by atoms with van der Waals surface area (Å²) >= 11 is 5.31. The van der Waals surface area contributed by atoms with Crippen molar-refractivity contribution in [2.45, 2.75) is 26.4 Å². The quantitative estimate of drug-likeness (QED) is 0.481. The second kappa shape index (κ2) is 5.58. The van der Waals surface area contributed by atoms with Gasteiger partial charge in [0.25, 0.3) is 0 Å². The van der Waals surface area contributed by atoms with E-state index >= 15 is 0 Å². The van der Waals surface area contributed by atoms with Crippen molar-refractivity contribution >= 4 is 11.6 Å². The standard InChI is InChI=1S/C8H13ClO/c1-7(2)8(10)5-3-4-6-9/h7-8,10H,5-6H2,1-2H3. The summed E-state index contributed by atoms with van der Waals surface area (Å²) in [6.45, 7) is 3.93. The molecule has 0 aliphatic heterocycles. The van der Waals surface area contributed by atoms with Crippen molar-refractivity contribution in [1.82, 2.24) is 0 Å². The minimum absolute atomic E-state index is 0.282. The molecular formula is C8H13ClO. The number of hydrogen-bond acceptors (Lipinski definition) is 1. The predicted octanol–water partition coefficient (Wildman–Crippen LogP) is 1.64. The Morgan fingerprint density at radius 3 is 2.40 bits per heavy atom. The van der Waals surface area contributed by atoms with E-state index < -0.39 is 0 Å². The molecule has 1 unspecified atom stereocenters. The zero-order chi connectivity index (χ0) is 7.98. The van der Waals surface area contributed by atoms with Crippen LogP contribution in [0.1, 0.15) is 20.3 Å². The summed E-state index contributed by atoms with van der Waals surface area (Å²) in [6, 6.07) is 0. The van der Waals surface area contributed by atoms with E-state index in [0.717, 1.165) is 0 Å². The molecule has 10 heavy (non-hydrogen) atoms. The smallest absolute Gasteiger partial charge is 0.0835 e. The lowest BCUT2D eigenvalue weighted by Gasteiger charge is -2.09. The lowest BCUT2D eigenvalue weighted by molar-refractivity contribution is 0.130. The maximum absolute atomic E-state index is 9.21. The van der Waals surface area contributed by atoms with Gasteiger partial charge in [0.05, 0.1) is 12.0 Å². The highest BCUT2D eigenvalue weighted by Gasteiger charge is 2.05. The number of rotatable bonds is 2. The lowest BCUT2D eigenvalue weighted by Crippen LogP contribution is -2.12. The van der Waals surface area contributed by atoms with Crippen LogP contribution in [0.5, 0.6) is 0 Å². The number of hydrogen-bond donors (Lipinski definition) is 1. The van der Waals surface area contributed by atoms with Crippen molar-refractivity contribution in [3.63, 3.8) is 0 Å². The van der Waals surface area contributed by atoms with E-state index in [4.69, 9.17) is 11.6 Å². The van der Waals surface area contributed by atoms with E-state index in [1.165, 1.54) is 0 Å². The first-order chi connectivity index (χ1) is 4.68. The van der Waals surface area contributed by atoms with Gasteiger partial charge in [0.1, 0.15) is 0 Å². The van der Waals surface area contributed by atoms with Gasteiger partial charge in [-0.3, -0.25) is 0 Å². The molecule has 0 bridgehead atoms. The van der Waals surface area contributed by atoms with E-state index in [1.807, 2.05) is 13.8 Å². The largest absolute Gasteiger partial charge is 0.392 e. The fourth-order valence-electron chi connectivity index (χ4n) is 0.460. The van der Waals surface area contributed by atoms with Gasteiger partial charge in [-0.15, -0.1) is 11.6 Å². The molecule has 0 rings (SSSR count). The van der Waals surface area contributed by atoms with Crippen molar-refractivity contribution < 1.29 is 5.11 Å². The summed E-state index contributed by atoms with van der Waals surface area (Å²) in [5.41, 5.74) is 0. The molecule has 0 aromatic carbocycles. The van der Waals surface area contributed by atoms with Gasteiger partial charge in [0, 0.05) is 6.42 Å². The van der Waals surface area contributed by atoms with E-state index in [0.29, 0.717) is 12.3 Å². The molecule has 0 aromatic rings. The molecule has 1 atom stereocenters. The molecule has 0 aliphatic carbocycles. The van der Waals surface area contributed by atoms with Crippen LogP contribution in [0.15, 0.2) is 0 Å². The number of alkyl halides is 1. The third-order valence-electron chi connectivity index (χ3n) is 1.27. The maximum atomic E-state index is 9.21. The normalized spacial score (nSPS) is 12.5. The molecule has 0 saturated heterocycles. The molecule has 58 valence electrons. The number of aliphatic hydroxyl groups is 1. The maximum Gasteiger partial charge on any atom is 0.0835 e. The molecule has 0 amide bonds. The first-order valence-electron chi connectivity index (χ1n) is 3.38. The monoisotopic (exact) mass is 160 g/mol. The summed E-state index contributed by atoms with van der Waals surface area (Å²) in [7, 11) is 0. The summed E-state index contributed by atoms with van der Waals surface area (Å²) in [6.07, 6.45) is 0.223. The Labute approximate surface area is 67.4 Å². The molecule has 0 aliphatic rings. The van der Waals surface area contributed by atoms with Gasteiger partial charge in [0.2, 0.25) is 0 Å². The van der Waals surface area contributed by atoms with E-state index in [9.17, 15) is 5.11 Å². The molecule has 0 spiro atoms. The highest BCUT2D eigenvalue weighted by atomic mass is 35.5. The van der Waals surface area contributed by atoms with Crippen LogP contribution in [0.25, 0.3) is 0 Å². The predicted molar refractivity (Wildman–Crippen MR) is 44.0 cm³/mol. The molecule has 0 aromatic heterocycles. The molecule has 2 heteroatoms. The van der Waals surface area contributed by atoms with Gasteiger partial charge in [-0.05, 0) is 5.92 Å². The zero-order valence-corrected chi connectivity index (χ0v) is 7.15. The van der Waals surface area contributed by atoms with E-state index in [2.05, 4.69) is 11.8 Å². The SMILES string of the molecule is CC(C)C(O)CC#CCCl. The second-order valence-corrected chi connectivity index (χ2v) is 2.77. The molecule has 1 N–H and O–H groups in total. The molecule has 1 nitrogen and oxygen atoms in total. The van der Waals surface area contributed by atoms with E-state index in [1.54, 1.807) is 0 Å². The Morgan fingerprint density at radius 2 is 2.00 bits per heavy atom. The first kappa shape index (κ1) is 9.81. The lowest BCUT2D eigenvalue weighted by atomic mass is 10.1. The Hall–Kier alpha value is -0.190. The van der Waals surface area contributed by atoms with Crippen LogP contribution in [0.2, 0.25) is 0 Å². The summed E-state index contributed by atoms with van der Waals surface area (Å²) in [4.78, 5) is 0. The molecule has 0 radical (unpaired) electrons. The average Bonchev–Trinajstić information content (AvgIpc) is 1.88. The second-order valence-electron chi connectivity index (χ2n) is 2.50. The average molecular weight is 161 g/mol. The van der Waals surface area contributed by atoms with Crippen LogP contribution in [0, 0.1) is 17.8 Å². The summed E-state index contributed by atoms with van der Waals surface area (Å²) in [5.74, 6) is 6.11. The van der Waals surface area contributed by atoms with Crippen molar-refractivity contribution in [2.24, 2.45) is 5.92 Å².